The molecule has 0 radical (unpaired) electrons. The Morgan fingerprint density at radius 3 is 2.76 bits per heavy atom. The van der Waals surface area contributed by atoms with Gasteiger partial charge in [-0.15, -0.1) is 0 Å². The van der Waals surface area contributed by atoms with Gasteiger partial charge in [-0.3, -0.25) is 4.79 Å². The number of H-pyrrole nitrogens is 1. The molecule has 1 aromatic carbocycles. The van der Waals surface area contributed by atoms with Crippen molar-refractivity contribution in [1.82, 2.24) is 10.3 Å². The molecule has 106 valence electrons. The molecule has 1 heterocycles. The van der Waals surface area contributed by atoms with Crippen LogP contribution >= 0.6 is 23.2 Å². The van der Waals surface area contributed by atoms with E-state index in [0.29, 0.717) is 32.6 Å². The molecule has 0 fully saturated rings. The van der Waals surface area contributed by atoms with Crippen molar-refractivity contribution in [1.29, 1.82) is 5.26 Å². The van der Waals surface area contributed by atoms with Crippen molar-refractivity contribution in [3.05, 3.63) is 57.8 Å². The highest BCUT2D eigenvalue weighted by Crippen LogP contribution is 2.32. The van der Waals surface area contributed by atoms with E-state index < -0.39 is 0 Å². The summed E-state index contributed by atoms with van der Waals surface area (Å²) >= 11 is 12.0. The number of halogens is 2. The van der Waals surface area contributed by atoms with Gasteiger partial charge in [0.1, 0.15) is 6.07 Å². The van der Waals surface area contributed by atoms with E-state index in [1.807, 2.05) is 0 Å². The first-order valence-corrected chi connectivity index (χ1v) is 6.79. The SMILES string of the molecule is CN/C=C/C(=O)c1cc(C#N)c(-c2ccc(Cl)cc2Cl)[nH]1. The van der Waals surface area contributed by atoms with Crippen molar-refractivity contribution < 1.29 is 4.79 Å². The number of ketones is 1. The molecule has 0 saturated heterocycles. The van der Waals surface area contributed by atoms with Crippen molar-refractivity contribution in [2.75, 3.05) is 7.05 Å². The molecule has 2 rings (SSSR count). The number of benzene rings is 1. The van der Waals surface area contributed by atoms with E-state index in [1.165, 1.54) is 18.3 Å². The van der Waals surface area contributed by atoms with Gasteiger partial charge in [-0.05, 0) is 24.3 Å². The molecule has 4 nitrogen and oxygen atoms in total. The van der Waals surface area contributed by atoms with Crippen LogP contribution in [-0.4, -0.2) is 17.8 Å². The molecule has 0 aliphatic carbocycles. The highest BCUT2D eigenvalue weighted by molar-refractivity contribution is 6.36. The van der Waals surface area contributed by atoms with Crippen molar-refractivity contribution in [2.24, 2.45) is 0 Å². The predicted octanol–water partition coefficient (Wildman–Crippen LogP) is 3.78. The van der Waals surface area contributed by atoms with E-state index >= 15 is 0 Å². The number of carbonyl (C=O) groups excluding carboxylic acids is 1. The second-order valence-corrected chi connectivity index (χ2v) is 5.04. The number of nitriles is 1. The maximum atomic E-state index is 11.9. The molecule has 0 aliphatic rings. The maximum absolute atomic E-state index is 11.9. The molecule has 1 aromatic heterocycles. The Labute approximate surface area is 132 Å². The lowest BCUT2D eigenvalue weighted by molar-refractivity contribution is 0.104. The van der Waals surface area contributed by atoms with E-state index in [-0.39, 0.29) is 5.78 Å². The van der Waals surface area contributed by atoms with E-state index in [4.69, 9.17) is 23.2 Å². The van der Waals surface area contributed by atoms with Gasteiger partial charge in [0.2, 0.25) is 5.78 Å². The number of aromatic amines is 1. The van der Waals surface area contributed by atoms with Crippen molar-refractivity contribution in [3.63, 3.8) is 0 Å². The third-order valence-electron chi connectivity index (χ3n) is 2.81. The molecule has 0 spiro atoms. The Balaban J connectivity index is 2.50. The van der Waals surface area contributed by atoms with Crippen molar-refractivity contribution in [2.45, 2.75) is 0 Å². The van der Waals surface area contributed by atoms with Crippen LogP contribution in [0.1, 0.15) is 16.1 Å². The molecule has 0 amide bonds. The topological polar surface area (TPSA) is 68.7 Å². The average molecular weight is 320 g/mol. The molecule has 0 aliphatic heterocycles. The molecule has 0 bridgehead atoms. The standard InChI is InChI=1S/C15H11Cl2N3O/c1-19-5-4-14(21)13-6-9(8-18)15(20-13)11-3-2-10(16)7-12(11)17/h2-7,19-20H,1H3/b5-4+. The molecular formula is C15H11Cl2N3O. The number of hydrogen-bond acceptors (Lipinski definition) is 3. The zero-order valence-electron chi connectivity index (χ0n) is 11.1. The summed E-state index contributed by atoms with van der Waals surface area (Å²) in [6, 6.07) is 8.52. The highest BCUT2D eigenvalue weighted by atomic mass is 35.5. The highest BCUT2D eigenvalue weighted by Gasteiger charge is 2.15. The molecule has 0 saturated carbocycles. The van der Waals surface area contributed by atoms with Gasteiger partial charge in [0, 0.05) is 29.9 Å². The van der Waals surface area contributed by atoms with Crippen LogP contribution in [0.25, 0.3) is 11.3 Å². The number of hydrogen-bond donors (Lipinski definition) is 2. The lowest BCUT2D eigenvalue weighted by Gasteiger charge is -2.03. The summed E-state index contributed by atoms with van der Waals surface area (Å²) in [7, 11) is 1.69. The molecule has 0 unspecified atom stereocenters. The Kier molecular flexibility index (Phi) is 4.69. The van der Waals surface area contributed by atoms with E-state index in [9.17, 15) is 10.1 Å². The summed E-state index contributed by atoms with van der Waals surface area (Å²) in [5, 5.41) is 12.9. The Hall–Kier alpha value is -2.22. The fourth-order valence-corrected chi connectivity index (χ4v) is 2.33. The van der Waals surface area contributed by atoms with Crippen LogP contribution < -0.4 is 5.32 Å². The minimum absolute atomic E-state index is 0.239. The molecule has 2 aromatic rings. The van der Waals surface area contributed by atoms with Gasteiger partial charge in [0.25, 0.3) is 0 Å². The Morgan fingerprint density at radius 1 is 1.38 bits per heavy atom. The van der Waals surface area contributed by atoms with Crippen LogP contribution in [0, 0.1) is 11.3 Å². The first-order valence-electron chi connectivity index (χ1n) is 6.03. The van der Waals surface area contributed by atoms with Gasteiger partial charge < -0.3 is 10.3 Å². The number of nitrogens with zero attached hydrogens (tertiary/aromatic N) is 1. The second kappa shape index (κ2) is 6.49. The van der Waals surface area contributed by atoms with Gasteiger partial charge in [0.05, 0.1) is 22.0 Å². The first-order chi connectivity index (χ1) is 10.1. The minimum atomic E-state index is -0.239. The monoisotopic (exact) mass is 319 g/mol. The lowest BCUT2D eigenvalue weighted by Crippen LogP contribution is -1.99. The fraction of sp³-hybridized carbons (Fsp3) is 0.0667. The van der Waals surface area contributed by atoms with Gasteiger partial charge >= 0.3 is 0 Å². The van der Waals surface area contributed by atoms with Crippen molar-refractivity contribution in [3.8, 4) is 17.3 Å². The molecular weight excluding hydrogens is 309 g/mol. The third-order valence-corrected chi connectivity index (χ3v) is 3.35. The molecule has 0 atom stereocenters. The van der Waals surface area contributed by atoms with Crippen LogP contribution in [-0.2, 0) is 0 Å². The van der Waals surface area contributed by atoms with Crippen LogP contribution in [0.5, 0.6) is 0 Å². The number of carbonyl (C=O) groups is 1. The van der Waals surface area contributed by atoms with E-state index in [2.05, 4.69) is 16.4 Å². The number of aromatic nitrogens is 1. The molecule has 21 heavy (non-hydrogen) atoms. The number of allylic oxidation sites excluding steroid dienone is 1. The van der Waals surface area contributed by atoms with Gasteiger partial charge in [0.15, 0.2) is 0 Å². The number of rotatable bonds is 4. The Bertz CT molecular complexity index is 757. The van der Waals surface area contributed by atoms with Crippen LogP contribution in [0.3, 0.4) is 0 Å². The fourth-order valence-electron chi connectivity index (χ4n) is 1.83. The van der Waals surface area contributed by atoms with Crippen molar-refractivity contribution >= 4 is 29.0 Å². The summed E-state index contributed by atoms with van der Waals surface area (Å²) in [6.07, 6.45) is 2.89. The van der Waals surface area contributed by atoms with E-state index in [0.717, 1.165) is 0 Å². The number of nitrogens with one attached hydrogen (secondary N) is 2. The Morgan fingerprint density at radius 2 is 2.14 bits per heavy atom. The third kappa shape index (κ3) is 3.27. The van der Waals surface area contributed by atoms with E-state index in [1.54, 1.807) is 25.2 Å². The van der Waals surface area contributed by atoms with Gasteiger partial charge in [-0.2, -0.15) is 5.26 Å². The molecule has 2 N–H and O–H groups in total. The normalized spacial score (nSPS) is 10.6. The van der Waals surface area contributed by atoms with Gasteiger partial charge in [-0.25, -0.2) is 0 Å². The zero-order chi connectivity index (χ0) is 15.4. The summed E-state index contributed by atoms with van der Waals surface area (Å²) in [5.74, 6) is -0.239. The summed E-state index contributed by atoms with van der Waals surface area (Å²) in [6.45, 7) is 0. The minimum Gasteiger partial charge on any atom is -0.394 e. The van der Waals surface area contributed by atoms with Crippen LogP contribution in [0.2, 0.25) is 10.0 Å². The lowest BCUT2D eigenvalue weighted by atomic mass is 10.1. The first kappa shape index (κ1) is 15.2. The quantitative estimate of drug-likeness (QED) is 0.665. The average Bonchev–Trinajstić information content (AvgIpc) is 2.88. The van der Waals surface area contributed by atoms with Gasteiger partial charge in [-0.1, -0.05) is 23.2 Å². The smallest absolute Gasteiger partial charge is 0.203 e. The summed E-state index contributed by atoms with van der Waals surface area (Å²) < 4.78 is 0. The molecule has 6 heteroatoms. The zero-order valence-corrected chi connectivity index (χ0v) is 12.6. The summed E-state index contributed by atoms with van der Waals surface area (Å²) in [4.78, 5) is 14.9. The van der Waals surface area contributed by atoms with Crippen LogP contribution in [0.4, 0.5) is 0 Å². The van der Waals surface area contributed by atoms with Crippen LogP contribution in [0.15, 0.2) is 36.5 Å². The summed E-state index contributed by atoms with van der Waals surface area (Å²) in [5.41, 5.74) is 1.79. The second-order valence-electron chi connectivity index (χ2n) is 4.19. The largest absolute Gasteiger partial charge is 0.394 e. The predicted molar refractivity (Wildman–Crippen MR) is 83.5 cm³/mol. The maximum Gasteiger partial charge on any atom is 0.203 e.